The van der Waals surface area contributed by atoms with Gasteiger partial charge in [0.1, 0.15) is 5.69 Å². The summed E-state index contributed by atoms with van der Waals surface area (Å²) in [6, 6.07) is 6.78. The lowest BCUT2D eigenvalue weighted by molar-refractivity contribution is -0.384. The first kappa shape index (κ1) is 14.3. The van der Waals surface area contributed by atoms with Crippen LogP contribution in [0.15, 0.2) is 18.2 Å². The Bertz CT molecular complexity index is 541. The molecule has 5 heteroatoms. The van der Waals surface area contributed by atoms with Crippen LogP contribution >= 0.6 is 0 Å². The fourth-order valence-electron chi connectivity index (χ4n) is 3.02. The molecule has 0 spiro atoms. The molecule has 0 heterocycles. The molecule has 1 aromatic rings. The second-order valence-electron chi connectivity index (χ2n) is 5.66. The lowest BCUT2D eigenvalue weighted by Gasteiger charge is -2.35. The molecule has 1 saturated carbocycles. The van der Waals surface area contributed by atoms with Crippen LogP contribution in [0.3, 0.4) is 0 Å². The third-order valence-electron chi connectivity index (χ3n) is 4.19. The van der Waals surface area contributed by atoms with E-state index in [1.54, 1.807) is 12.1 Å². The Labute approximate surface area is 118 Å². The lowest BCUT2D eigenvalue weighted by atomic mass is 9.78. The van der Waals surface area contributed by atoms with Crippen LogP contribution in [0.2, 0.25) is 0 Å². The third-order valence-corrected chi connectivity index (χ3v) is 4.19. The lowest BCUT2D eigenvalue weighted by Crippen LogP contribution is -2.37. The second-order valence-corrected chi connectivity index (χ2v) is 5.66. The fraction of sp³-hybridized carbons (Fsp3) is 0.533. The van der Waals surface area contributed by atoms with Crippen LogP contribution in [0.25, 0.3) is 0 Å². The highest BCUT2D eigenvalue weighted by Gasteiger charge is 2.29. The van der Waals surface area contributed by atoms with Crippen molar-refractivity contribution in [3.05, 3.63) is 33.9 Å². The van der Waals surface area contributed by atoms with E-state index < -0.39 is 4.92 Å². The van der Waals surface area contributed by atoms with Gasteiger partial charge in [-0.05, 0) is 36.8 Å². The maximum atomic E-state index is 11.2. The molecule has 1 N–H and O–H groups in total. The van der Waals surface area contributed by atoms with E-state index in [0.29, 0.717) is 23.1 Å². The van der Waals surface area contributed by atoms with Crippen LogP contribution in [0, 0.1) is 33.3 Å². The first-order valence-corrected chi connectivity index (χ1v) is 6.98. The fourth-order valence-corrected chi connectivity index (χ4v) is 3.02. The zero-order valence-corrected chi connectivity index (χ0v) is 11.8. The van der Waals surface area contributed by atoms with Crippen molar-refractivity contribution in [2.24, 2.45) is 11.8 Å². The highest BCUT2D eigenvalue weighted by molar-refractivity contribution is 5.64. The normalized spacial score (nSPS) is 25.8. The highest BCUT2D eigenvalue weighted by Crippen LogP contribution is 2.34. The van der Waals surface area contributed by atoms with E-state index >= 15 is 0 Å². The van der Waals surface area contributed by atoms with Crippen molar-refractivity contribution in [1.82, 2.24) is 0 Å². The van der Waals surface area contributed by atoms with E-state index in [4.69, 9.17) is 5.26 Å². The van der Waals surface area contributed by atoms with Crippen LogP contribution in [-0.2, 0) is 0 Å². The van der Waals surface area contributed by atoms with E-state index in [2.05, 4.69) is 19.2 Å². The molecule has 1 aromatic carbocycles. The number of hydrogen-bond acceptors (Lipinski definition) is 4. The van der Waals surface area contributed by atoms with Crippen molar-refractivity contribution in [3.63, 3.8) is 0 Å². The summed E-state index contributed by atoms with van der Waals surface area (Å²) in [5.41, 5.74) is 0.806. The predicted octanol–water partition coefficient (Wildman–Crippen LogP) is 3.70. The quantitative estimate of drug-likeness (QED) is 0.672. The van der Waals surface area contributed by atoms with Gasteiger partial charge >= 0.3 is 0 Å². The van der Waals surface area contributed by atoms with Gasteiger partial charge in [-0.25, -0.2) is 0 Å². The summed E-state index contributed by atoms with van der Waals surface area (Å²) in [5.74, 6) is 0.989. The van der Waals surface area contributed by atoms with Gasteiger partial charge in [0.2, 0.25) is 0 Å². The Kier molecular flexibility index (Phi) is 4.23. The molecule has 1 fully saturated rings. The zero-order chi connectivity index (χ0) is 14.7. The minimum Gasteiger partial charge on any atom is -0.376 e. The Morgan fingerprint density at radius 3 is 2.55 bits per heavy atom. The zero-order valence-electron chi connectivity index (χ0n) is 11.8. The van der Waals surface area contributed by atoms with Gasteiger partial charge in [-0.3, -0.25) is 10.1 Å². The standard InChI is InChI=1S/C15H19N3O2/c1-10-4-3-5-11(2)15(10)17-13-7-6-12(9-16)8-14(13)18(19)20/h6-8,10-11,15,17H,3-5H2,1-2H3. The van der Waals surface area contributed by atoms with Crippen LogP contribution < -0.4 is 5.32 Å². The van der Waals surface area contributed by atoms with Crippen molar-refractivity contribution in [2.45, 2.75) is 39.2 Å². The van der Waals surface area contributed by atoms with Crippen LogP contribution in [0.1, 0.15) is 38.7 Å². The average Bonchev–Trinajstić information content (AvgIpc) is 2.43. The van der Waals surface area contributed by atoms with Crippen LogP contribution in [0.4, 0.5) is 11.4 Å². The number of nitrogens with one attached hydrogen (secondary N) is 1. The Balaban J connectivity index is 2.28. The molecule has 106 valence electrons. The number of anilines is 1. The van der Waals surface area contributed by atoms with Gasteiger partial charge in [0.25, 0.3) is 5.69 Å². The van der Waals surface area contributed by atoms with Crippen molar-refractivity contribution in [1.29, 1.82) is 5.26 Å². The molecule has 20 heavy (non-hydrogen) atoms. The molecule has 0 bridgehead atoms. The van der Waals surface area contributed by atoms with Crippen molar-refractivity contribution in [3.8, 4) is 6.07 Å². The molecule has 0 saturated heterocycles. The Morgan fingerprint density at radius 2 is 2.00 bits per heavy atom. The van der Waals surface area contributed by atoms with Gasteiger partial charge < -0.3 is 5.32 Å². The summed E-state index contributed by atoms with van der Waals surface area (Å²) < 4.78 is 0. The number of benzene rings is 1. The molecule has 0 amide bonds. The molecule has 2 atom stereocenters. The SMILES string of the molecule is CC1CCCC(C)C1Nc1ccc(C#N)cc1[N+](=O)[O-]. The van der Waals surface area contributed by atoms with E-state index in [0.717, 1.165) is 12.8 Å². The molecular weight excluding hydrogens is 254 g/mol. The van der Waals surface area contributed by atoms with Gasteiger partial charge in [-0.15, -0.1) is 0 Å². The van der Waals surface area contributed by atoms with Crippen molar-refractivity contribution < 1.29 is 4.92 Å². The molecule has 1 aliphatic carbocycles. The Hall–Kier alpha value is -2.09. The summed E-state index contributed by atoms with van der Waals surface area (Å²) in [4.78, 5) is 10.7. The summed E-state index contributed by atoms with van der Waals surface area (Å²) in [7, 11) is 0. The topological polar surface area (TPSA) is 79.0 Å². The molecule has 0 radical (unpaired) electrons. The van der Waals surface area contributed by atoms with Gasteiger partial charge in [-0.2, -0.15) is 5.26 Å². The maximum absolute atomic E-state index is 11.2. The minimum atomic E-state index is -0.429. The molecule has 5 nitrogen and oxygen atoms in total. The van der Waals surface area contributed by atoms with Crippen molar-refractivity contribution in [2.75, 3.05) is 5.32 Å². The summed E-state index contributed by atoms with van der Waals surface area (Å²) in [6.07, 6.45) is 3.51. The Morgan fingerprint density at radius 1 is 1.35 bits per heavy atom. The van der Waals surface area contributed by atoms with Crippen molar-refractivity contribution >= 4 is 11.4 Å². The second kappa shape index (κ2) is 5.91. The first-order chi connectivity index (χ1) is 9.52. The smallest absolute Gasteiger partial charge is 0.293 e. The average molecular weight is 273 g/mol. The third kappa shape index (κ3) is 2.90. The number of nitro groups is 1. The minimum absolute atomic E-state index is 0.0194. The largest absolute Gasteiger partial charge is 0.376 e. The van der Waals surface area contributed by atoms with Crippen LogP contribution in [0.5, 0.6) is 0 Å². The number of nitro benzene ring substituents is 1. The summed E-state index contributed by atoms with van der Waals surface area (Å²) in [5, 5.41) is 23.3. The molecule has 0 aromatic heterocycles. The maximum Gasteiger partial charge on any atom is 0.293 e. The van der Waals surface area contributed by atoms with E-state index in [1.165, 1.54) is 12.5 Å². The van der Waals surface area contributed by atoms with Gasteiger partial charge in [0.05, 0.1) is 16.6 Å². The first-order valence-electron chi connectivity index (χ1n) is 6.98. The molecule has 1 aliphatic rings. The monoisotopic (exact) mass is 273 g/mol. The van der Waals surface area contributed by atoms with Crippen LogP contribution in [-0.4, -0.2) is 11.0 Å². The van der Waals surface area contributed by atoms with E-state index in [1.807, 2.05) is 6.07 Å². The van der Waals surface area contributed by atoms with E-state index in [-0.39, 0.29) is 11.7 Å². The van der Waals surface area contributed by atoms with E-state index in [9.17, 15) is 10.1 Å². The summed E-state index contributed by atoms with van der Waals surface area (Å²) in [6.45, 7) is 4.37. The molecule has 0 aliphatic heterocycles. The van der Waals surface area contributed by atoms with Gasteiger partial charge in [0, 0.05) is 12.1 Å². The molecule has 2 rings (SSSR count). The number of nitrogens with zero attached hydrogens (tertiary/aromatic N) is 2. The number of nitriles is 1. The van der Waals surface area contributed by atoms with Gasteiger partial charge in [0.15, 0.2) is 0 Å². The van der Waals surface area contributed by atoms with Gasteiger partial charge in [-0.1, -0.05) is 20.3 Å². The number of rotatable bonds is 3. The molecular formula is C15H19N3O2. The summed E-state index contributed by atoms with van der Waals surface area (Å²) >= 11 is 0. The molecule has 2 unspecified atom stereocenters. The highest BCUT2D eigenvalue weighted by atomic mass is 16.6. The number of hydrogen-bond donors (Lipinski definition) is 1. The predicted molar refractivity (Wildman–Crippen MR) is 77.4 cm³/mol.